The van der Waals surface area contributed by atoms with Crippen molar-refractivity contribution in [3.8, 4) is 0 Å². The molecule has 1 aliphatic rings. The van der Waals surface area contributed by atoms with Crippen LogP contribution in [0.3, 0.4) is 0 Å². The first-order valence-electron chi connectivity index (χ1n) is 5.82. The molecule has 1 amide bonds. The molecule has 0 aliphatic heterocycles. The number of halogens is 2. The summed E-state index contributed by atoms with van der Waals surface area (Å²) < 4.78 is 13.6. The van der Waals surface area contributed by atoms with E-state index in [9.17, 15) is 9.18 Å². The molecular weight excluding hydrogens is 285 g/mol. The lowest BCUT2D eigenvalue weighted by Gasteiger charge is -2.24. The molecule has 1 aliphatic carbocycles. The fourth-order valence-electron chi connectivity index (χ4n) is 2.32. The summed E-state index contributed by atoms with van der Waals surface area (Å²) in [5, 5.41) is 0. The molecule has 92 valence electrons. The number of benzene rings is 1. The molecule has 0 unspecified atom stereocenters. The molecule has 0 radical (unpaired) electrons. The fourth-order valence-corrected chi connectivity index (χ4v) is 2.75. The van der Waals surface area contributed by atoms with E-state index in [4.69, 9.17) is 0 Å². The van der Waals surface area contributed by atoms with Crippen LogP contribution in [0.5, 0.6) is 0 Å². The number of carbonyl (C=O) groups excluding carboxylic acids is 1. The normalized spacial score (nSPS) is 16.2. The van der Waals surface area contributed by atoms with Gasteiger partial charge in [-0.15, -0.1) is 0 Å². The van der Waals surface area contributed by atoms with Crippen LogP contribution in [0.2, 0.25) is 0 Å². The number of amides is 1. The number of rotatable bonds is 2. The molecule has 0 N–H and O–H groups in total. The summed E-state index contributed by atoms with van der Waals surface area (Å²) in [5.41, 5.74) is 0.402. The molecule has 17 heavy (non-hydrogen) atoms. The van der Waals surface area contributed by atoms with Crippen molar-refractivity contribution >= 4 is 21.8 Å². The minimum atomic E-state index is -0.393. The maximum absolute atomic E-state index is 13.4. The van der Waals surface area contributed by atoms with Crippen LogP contribution in [0, 0.1) is 5.82 Å². The summed E-state index contributed by atoms with van der Waals surface area (Å²) in [6, 6.07) is 4.87. The van der Waals surface area contributed by atoms with Crippen LogP contribution in [0.1, 0.15) is 36.0 Å². The van der Waals surface area contributed by atoms with Gasteiger partial charge in [0.05, 0.1) is 10.0 Å². The average molecular weight is 300 g/mol. The van der Waals surface area contributed by atoms with Gasteiger partial charge in [-0.3, -0.25) is 4.79 Å². The summed E-state index contributed by atoms with van der Waals surface area (Å²) in [6.45, 7) is 0. The van der Waals surface area contributed by atoms with Crippen molar-refractivity contribution in [1.82, 2.24) is 4.90 Å². The Morgan fingerprint density at radius 3 is 2.71 bits per heavy atom. The average Bonchev–Trinajstić information content (AvgIpc) is 2.84. The van der Waals surface area contributed by atoms with Gasteiger partial charge in [-0.1, -0.05) is 18.9 Å². The van der Waals surface area contributed by atoms with E-state index in [0.717, 1.165) is 12.8 Å². The van der Waals surface area contributed by atoms with E-state index in [2.05, 4.69) is 15.9 Å². The zero-order chi connectivity index (χ0) is 12.4. The van der Waals surface area contributed by atoms with Crippen molar-refractivity contribution in [2.45, 2.75) is 31.7 Å². The second-order valence-corrected chi connectivity index (χ2v) is 5.25. The third-order valence-electron chi connectivity index (χ3n) is 3.37. The molecule has 1 fully saturated rings. The largest absolute Gasteiger partial charge is 0.339 e. The van der Waals surface area contributed by atoms with E-state index >= 15 is 0 Å². The SMILES string of the molecule is CN(C(=O)c1cccc(F)c1Br)C1CCCC1. The second kappa shape index (κ2) is 5.17. The van der Waals surface area contributed by atoms with Gasteiger partial charge < -0.3 is 4.90 Å². The van der Waals surface area contributed by atoms with Gasteiger partial charge in [0, 0.05) is 13.1 Å². The highest BCUT2D eigenvalue weighted by atomic mass is 79.9. The molecule has 0 atom stereocenters. The van der Waals surface area contributed by atoms with E-state index in [1.54, 1.807) is 24.1 Å². The molecule has 2 rings (SSSR count). The Morgan fingerprint density at radius 1 is 1.41 bits per heavy atom. The van der Waals surface area contributed by atoms with Crippen LogP contribution in [0.4, 0.5) is 4.39 Å². The molecular formula is C13H15BrFNO. The van der Waals surface area contributed by atoms with Crippen LogP contribution in [0.25, 0.3) is 0 Å². The van der Waals surface area contributed by atoms with Gasteiger partial charge in [-0.25, -0.2) is 4.39 Å². The number of carbonyl (C=O) groups is 1. The molecule has 0 bridgehead atoms. The standard InChI is InChI=1S/C13H15BrFNO/c1-16(9-5-2-3-6-9)13(17)10-7-4-8-11(15)12(10)14/h4,7-9H,2-3,5-6H2,1H3. The van der Waals surface area contributed by atoms with Gasteiger partial charge in [-0.2, -0.15) is 0 Å². The predicted molar refractivity (Wildman–Crippen MR) is 68.4 cm³/mol. The third kappa shape index (κ3) is 2.51. The fraction of sp³-hybridized carbons (Fsp3) is 0.462. The molecule has 1 aromatic rings. The monoisotopic (exact) mass is 299 g/mol. The minimum Gasteiger partial charge on any atom is -0.339 e. The highest BCUT2D eigenvalue weighted by molar-refractivity contribution is 9.10. The first-order chi connectivity index (χ1) is 8.11. The predicted octanol–water partition coefficient (Wildman–Crippen LogP) is 3.60. The van der Waals surface area contributed by atoms with E-state index in [1.807, 2.05) is 0 Å². The van der Waals surface area contributed by atoms with Crippen LogP contribution >= 0.6 is 15.9 Å². The van der Waals surface area contributed by atoms with Crippen molar-refractivity contribution in [3.63, 3.8) is 0 Å². The maximum Gasteiger partial charge on any atom is 0.255 e. The van der Waals surface area contributed by atoms with Crippen molar-refractivity contribution in [3.05, 3.63) is 34.1 Å². The smallest absolute Gasteiger partial charge is 0.255 e. The van der Waals surface area contributed by atoms with Gasteiger partial charge >= 0.3 is 0 Å². The van der Waals surface area contributed by atoms with E-state index in [0.29, 0.717) is 11.6 Å². The van der Waals surface area contributed by atoms with Gasteiger partial charge in [0.2, 0.25) is 0 Å². The Hall–Kier alpha value is -0.900. The lowest BCUT2D eigenvalue weighted by molar-refractivity contribution is 0.0733. The van der Waals surface area contributed by atoms with Crippen LogP contribution in [0.15, 0.2) is 22.7 Å². The van der Waals surface area contributed by atoms with Gasteiger partial charge in [0.15, 0.2) is 0 Å². The Morgan fingerprint density at radius 2 is 2.06 bits per heavy atom. The Balaban J connectivity index is 2.21. The van der Waals surface area contributed by atoms with Crippen molar-refractivity contribution in [1.29, 1.82) is 0 Å². The van der Waals surface area contributed by atoms with E-state index < -0.39 is 5.82 Å². The minimum absolute atomic E-state index is 0.108. The van der Waals surface area contributed by atoms with Crippen LogP contribution < -0.4 is 0 Å². The van der Waals surface area contributed by atoms with Crippen molar-refractivity contribution < 1.29 is 9.18 Å². The Kier molecular flexibility index (Phi) is 3.82. The topological polar surface area (TPSA) is 20.3 Å². The molecule has 1 aromatic carbocycles. The number of hydrogen-bond donors (Lipinski definition) is 0. The van der Waals surface area contributed by atoms with Crippen molar-refractivity contribution in [2.24, 2.45) is 0 Å². The van der Waals surface area contributed by atoms with Gasteiger partial charge in [0.1, 0.15) is 5.82 Å². The zero-order valence-electron chi connectivity index (χ0n) is 9.75. The number of hydrogen-bond acceptors (Lipinski definition) is 1. The Bertz CT molecular complexity index is 429. The quantitative estimate of drug-likeness (QED) is 0.817. The van der Waals surface area contributed by atoms with Crippen molar-refractivity contribution in [2.75, 3.05) is 7.05 Å². The Labute approximate surface area is 109 Å². The van der Waals surface area contributed by atoms with E-state index in [-0.39, 0.29) is 10.4 Å². The number of nitrogens with zero attached hydrogens (tertiary/aromatic N) is 1. The molecule has 1 saturated carbocycles. The zero-order valence-corrected chi connectivity index (χ0v) is 11.3. The summed E-state index contributed by atoms with van der Waals surface area (Å²) in [7, 11) is 1.80. The highest BCUT2D eigenvalue weighted by Gasteiger charge is 2.25. The highest BCUT2D eigenvalue weighted by Crippen LogP contribution is 2.26. The lowest BCUT2D eigenvalue weighted by Crippen LogP contribution is -2.35. The molecule has 4 heteroatoms. The first kappa shape index (κ1) is 12.6. The van der Waals surface area contributed by atoms with Crippen LogP contribution in [-0.2, 0) is 0 Å². The maximum atomic E-state index is 13.4. The van der Waals surface area contributed by atoms with E-state index in [1.165, 1.54) is 18.9 Å². The van der Waals surface area contributed by atoms with Crippen LogP contribution in [-0.4, -0.2) is 23.9 Å². The summed E-state index contributed by atoms with van der Waals surface area (Å²) in [4.78, 5) is 14.0. The third-order valence-corrected chi connectivity index (χ3v) is 4.18. The first-order valence-corrected chi connectivity index (χ1v) is 6.61. The van der Waals surface area contributed by atoms with Gasteiger partial charge in [-0.05, 0) is 40.9 Å². The molecule has 0 aromatic heterocycles. The lowest BCUT2D eigenvalue weighted by atomic mass is 10.1. The molecule has 2 nitrogen and oxygen atoms in total. The summed E-state index contributed by atoms with van der Waals surface area (Å²) >= 11 is 3.14. The molecule has 0 heterocycles. The molecule has 0 saturated heterocycles. The summed E-state index contributed by atoms with van der Waals surface area (Å²) in [6.07, 6.45) is 4.45. The molecule has 0 spiro atoms. The summed E-state index contributed by atoms with van der Waals surface area (Å²) in [5.74, 6) is -0.501. The van der Waals surface area contributed by atoms with Gasteiger partial charge in [0.25, 0.3) is 5.91 Å². The second-order valence-electron chi connectivity index (χ2n) is 4.46.